The molecule has 0 aliphatic carbocycles. The topological polar surface area (TPSA) is 41.1 Å². The molecular weight excluding hydrogens is 280 g/mol. The summed E-state index contributed by atoms with van der Waals surface area (Å²) in [6, 6.07) is 19.6. The number of anilines is 1. The van der Waals surface area contributed by atoms with E-state index >= 15 is 0 Å². The molecule has 0 fully saturated rings. The van der Waals surface area contributed by atoms with Gasteiger partial charge in [-0.15, -0.1) is 11.8 Å². The number of benzene rings is 2. The molecule has 2 rings (SSSR count). The number of para-hydroxylation sites is 1. The van der Waals surface area contributed by atoms with Crippen LogP contribution in [0.2, 0.25) is 0 Å². The highest BCUT2D eigenvalue weighted by atomic mass is 32.2. The highest BCUT2D eigenvalue weighted by Crippen LogP contribution is 2.15. The second kappa shape index (κ2) is 8.49. The van der Waals surface area contributed by atoms with Crippen molar-refractivity contribution < 1.29 is 4.79 Å². The number of thioether (sulfide) groups is 1. The molecule has 110 valence electrons. The Morgan fingerprint density at radius 1 is 1.05 bits per heavy atom. The lowest BCUT2D eigenvalue weighted by molar-refractivity contribution is -0.117. The van der Waals surface area contributed by atoms with Crippen LogP contribution >= 0.6 is 11.8 Å². The lowest BCUT2D eigenvalue weighted by Gasteiger charge is -2.14. The average Bonchev–Trinajstić information content (AvgIpc) is 2.53. The normalized spacial score (nSPS) is 11.9. The fourth-order valence-electron chi connectivity index (χ4n) is 1.83. The molecule has 0 bridgehead atoms. The van der Waals surface area contributed by atoms with Crippen LogP contribution in [0, 0.1) is 0 Å². The molecule has 0 aliphatic heterocycles. The van der Waals surface area contributed by atoms with Gasteiger partial charge in [0.2, 0.25) is 5.91 Å². The maximum atomic E-state index is 12.0. The molecule has 0 aliphatic rings. The zero-order chi connectivity index (χ0) is 14.9. The molecule has 1 amide bonds. The molecular formula is C17H20N2OS. The van der Waals surface area contributed by atoms with Crippen LogP contribution in [0.3, 0.4) is 0 Å². The molecule has 3 nitrogen and oxygen atoms in total. The third kappa shape index (κ3) is 5.61. The third-order valence-corrected chi connectivity index (χ3v) is 4.01. The van der Waals surface area contributed by atoms with Gasteiger partial charge in [-0.05, 0) is 31.2 Å². The van der Waals surface area contributed by atoms with E-state index in [0.717, 1.165) is 18.0 Å². The van der Waals surface area contributed by atoms with Gasteiger partial charge in [0, 0.05) is 22.9 Å². The van der Waals surface area contributed by atoms with Crippen LogP contribution in [0.15, 0.2) is 65.6 Å². The maximum Gasteiger partial charge on any atom is 0.241 e. The average molecular weight is 300 g/mol. The molecule has 0 saturated heterocycles. The third-order valence-electron chi connectivity index (χ3n) is 3.00. The van der Waals surface area contributed by atoms with Crippen LogP contribution in [0.1, 0.15) is 6.92 Å². The van der Waals surface area contributed by atoms with E-state index < -0.39 is 0 Å². The predicted molar refractivity (Wildman–Crippen MR) is 89.7 cm³/mol. The van der Waals surface area contributed by atoms with Gasteiger partial charge in [0.05, 0.1) is 6.04 Å². The van der Waals surface area contributed by atoms with Gasteiger partial charge in [0.1, 0.15) is 0 Å². The first-order valence-electron chi connectivity index (χ1n) is 7.03. The number of hydrogen-bond acceptors (Lipinski definition) is 3. The lowest BCUT2D eigenvalue weighted by Crippen LogP contribution is -2.39. The van der Waals surface area contributed by atoms with Crippen molar-refractivity contribution in [2.45, 2.75) is 17.9 Å². The maximum absolute atomic E-state index is 12.0. The summed E-state index contributed by atoms with van der Waals surface area (Å²) in [5, 5.41) is 6.13. The zero-order valence-corrected chi connectivity index (χ0v) is 12.9. The molecule has 1 atom stereocenters. The summed E-state index contributed by atoms with van der Waals surface area (Å²) in [5.74, 6) is 0.929. The van der Waals surface area contributed by atoms with Gasteiger partial charge in [-0.25, -0.2) is 0 Å². The van der Waals surface area contributed by atoms with Gasteiger partial charge < -0.3 is 10.6 Å². The van der Waals surface area contributed by atoms with Crippen molar-refractivity contribution in [1.82, 2.24) is 5.32 Å². The minimum atomic E-state index is -0.207. The van der Waals surface area contributed by atoms with Crippen molar-refractivity contribution in [2.24, 2.45) is 0 Å². The number of amides is 1. The largest absolute Gasteiger partial charge is 0.325 e. The van der Waals surface area contributed by atoms with Crippen molar-refractivity contribution in [1.29, 1.82) is 0 Å². The molecule has 0 heterocycles. The van der Waals surface area contributed by atoms with Gasteiger partial charge in [-0.2, -0.15) is 0 Å². The Bertz CT molecular complexity index is 545. The van der Waals surface area contributed by atoms with Crippen LogP contribution in [0.5, 0.6) is 0 Å². The van der Waals surface area contributed by atoms with Crippen molar-refractivity contribution in [2.75, 3.05) is 17.6 Å². The highest BCUT2D eigenvalue weighted by Gasteiger charge is 2.11. The van der Waals surface area contributed by atoms with Crippen LogP contribution < -0.4 is 10.6 Å². The fourth-order valence-corrected chi connectivity index (χ4v) is 2.63. The molecule has 1 unspecified atom stereocenters. The first kappa shape index (κ1) is 15.6. The van der Waals surface area contributed by atoms with Crippen LogP contribution in [-0.4, -0.2) is 24.2 Å². The minimum Gasteiger partial charge on any atom is -0.325 e. The van der Waals surface area contributed by atoms with Crippen molar-refractivity contribution >= 4 is 23.4 Å². The Labute approximate surface area is 130 Å². The summed E-state index contributed by atoms with van der Waals surface area (Å²) >= 11 is 1.78. The molecule has 21 heavy (non-hydrogen) atoms. The van der Waals surface area contributed by atoms with Crippen molar-refractivity contribution in [3.05, 3.63) is 60.7 Å². The second-order valence-corrected chi connectivity index (χ2v) is 5.86. The summed E-state index contributed by atoms with van der Waals surface area (Å²) in [7, 11) is 0. The zero-order valence-electron chi connectivity index (χ0n) is 12.1. The van der Waals surface area contributed by atoms with E-state index in [-0.39, 0.29) is 11.9 Å². The number of hydrogen-bond donors (Lipinski definition) is 2. The number of nitrogens with one attached hydrogen (secondary N) is 2. The Kier molecular flexibility index (Phi) is 6.31. The summed E-state index contributed by atoms with van der Waals surface area (Å²) in [6.45, 7) is 2.67. The summed E-state index contributed by atoms with van der Waals surface area (Å²) < 4.78 is 0. The minimum absolute atomic E-state index is 0.00842. The molecule has 2 aromatic rings. The Morgan fingerprint density at radius 2 is 1.67 bits per heavy atom. The number of carbonyl (C=O) groups excluding carboxylic acids is 1. The molecule has 2 N–H and O–H groups in total. The van der Waals surface area contributed by atoms with E-state index in [9.17, 15) is 4.79 Å². The fraction of sp³-hybridized carbons (Fsp3) is 0.235. The molecule has 2 aromatic carbocycles. The van der Waals surface area contributed by atoms with Gasteiger partial charge in [0.25, 0.3) is 0 Å². The van der Waals surface area contributed by atoms with Gasteiger partial charge in [-0.3, -0.25) is 4.79 Å². The van der Waals surface area contributed by atoms with Gasteiger partial charge in [0.15, 0.2) is 0 Å². The first-order valence-corrected chi connectivity index (χ1v) is 8.01. The van der Waals surface area contributed by atoms with E-state index in [2.05, 4.69) is 22.8 Å². The molecule has 4 heteroatoms. The monoisotopic (exact) mass is 300 g/mol. The van der Waals surface area contributed by atoms with E-state index in [1.807, 2.05) is 55.5 Å². The Balaban J connectivity index is 1.67. The van der Waals surface area contributed by atoms with E-state index in [1.165, 1.54) is 4.90 Å². The van der Waals surface area contributed by atoms with Gasteiger partial charge in [-0.1, -0.05) is 36.4 Å². The summed E-state index contributed by atoms with van der Waals surface area (Å²) in [4.78, 5) is 13.2. The number of rotatable bonds is 7. The predicted octanol–water partition coefficient (Wildman–Crippen LogP) is 3.40. The van der Waals surface area contributed by atoms with Crippen LogP contribution in [0.25, 0.3) is 0 Å². The standard InChI is InChI=1S/C17H20N2OS/c1-14(17(20)19-15-8-4-2-5-9-15)18-12-13-21-16-10-6-3-7-11-16/h2-11,14,18H,12-13H2,1H3,(H,19,20). The Morgan fingerprint density at radius 3 is 2.33 bits per heavy atom. The second-order valence-electron chi connectivity index (χ2n) is 4.69. The SMILES string of the molecule is CC(NCCSc1ccccc1)C(=O)Nc1ccccc1. The van der Waals surface area contributed by atoms with E-state index in [0.29, 0.717) is 0 Å². The highest BCUT2D eigenvalue weighted by molar-refractivity contribution is 7.99. The first-order chi connectivity index (χ1) is 10.3. The van der Waals surface area contributed by atoms with E-state index in [4.69, 9.17) is 0 Å². The molecule has 0 saturated carbocycles. The summed E-state index contributed by atoms with van der Waals surface area (Å²) in [5.41, 5.74) is 0.829. The van der Waals surface area contributed by atoms with Crippen LogP contribution in [-0.2, 0) is 4.79 Å². The van der Waals surface area contributed by atoms with Crippen molar-refractivity contribution in [3.8, 4) is 0 Å². The van der Waals surface area contributed by atoms with Crippen molar-refractivity contribution in [3.63, 3.8) is 0 Å². The van der Waals surface area contributed by atoms with E-state index in [1.54, 1.807) is 11.8 Å². The quantitative estimate of drug-likeness (QED) is 0.608. The summed E-state index contributed by atoms with van der Waals surface area (Å²) in [6.07, 6.45) is 0. The smallest absolute Gasteiger partial charge is 0.241 e. The van der Waals surface area contributed by atoms with Crippen LogP contribution in [0.4, 0.5) is 5.69 Å². The molecule has 0 radical (unpaired) electrons. The molecule has 0 spiro atoms. The Hall–Kier alpha value is -1.78. The lowest BCUT2D eigenvalue weighted by atomic mass is 10.2. The number of carbonyl (C=O) groups is 1. The van der Waals surface area contributed by atoms with Gasteiger partial charge >= 0.3 is 0 Å². The molecule has 0 aromatic heterocycles.